The summed E-state index contributed by atoms with van der Waals surface area (Å²) in [5.41, 5.74) is -4.52. The van der Waals surface area contributed by atoms with Gasteiger partial charge in [0.1, 0.15) is 0 Å². The molecule has 14 heteroatoms. The summed E-state index contributed by atoms with van der Waals surface area (Å²) >= 11 is -0.426. The summed E-state index contributed by atoms with van der Waals surface area (Å²) in [5.74, 6) is -3.68. The van der Waals surface area contributed by atoms with E-state index in [0.717, 1.165) is 31.2 Å². The lowest BCUT2D eigenvalue weighted by molar-refractivity contribution is -1.04. The molecule has 176 valence electrons. The van der Waals surface area contributed by atoms with Gasteiger partial charge in [0.15, 0.2) is 6.54 Å². The molecule has 3 amide bonds. The Morgan fingerprint density at radius 2 is 1.64 bits per heavy atom. The van der Waals surface area contributed by atoms with Crippen LogP contribution in [0.4, 0.5) is 36.8 Å². The van der Waals surface area contributed by atoms with Crippen LogP contribution in [-0.2, 0) is 21.0 Å². The van der Waals surface area contributed by atoms with Gasteiger partial charge in [0.25, 0.3) is 0 Å². The first-order valence-corrected chi connectivity index (χ1v) is 9.88. The summed E-state index contributed by atoms with van der Waals surface area (Å²) < 4.78 is 74.9. The highest BCUT2D eigenvalue weighted by atomic mass is 32.2. The van der Waals surface area contributed by atoms with Gasteiger partial charge in [-0.25, -0.2) is 9.59 Å². The lowest BCUT2D eigenvalue weighted by atomic mass is 10.2. The van der Waals surface area contributed by atoms with E-state index in [4.69, 9.17) is 0 Å². The van der Waals surface area contributed by atoms with Crippen molar-refractivity contribution in [3.8, 4) is 0 Å². The third-order valence-electron chi connectivity index (χ3n) is 4.69. The Kier molecular flexibility index (Phi) is 6.44. The normalized spacial score (nSPS) is 21.4. The molecule has 1 unspecified atom stereocenters. The number of urea groups is 1. The first kappa shape index (κ1) is 24.5. The Hall–Kier alpha value is -3.13. The molecule has 0 N–H and O–H groups in total. The van der Waals surface area contributed by atoms with Crippen molar-refractivity contribution in [3.05, 3.63) is 54.4 Å². The number of hydroxylamine groups is 3. The number of imide groups is 1. The molecule has 1 aliphatic heterocycles. The average Bonchev–Trinajstić information content (AvgIpc) is 2.89. The quantitative estimate of drug-likeness (QED) is 0.262. The number of quaternary nitrogens is 1. The van der Waals surface area contributed by atoms with Crippen LogP contribution in [0.5, 0.6) is 0 Å². The molecular formula is C19H14F6N3O4S+. The number of benzene rings is 1. The van der Waals surface area contributed by atoms with E-state index < -0.39 is 58.6 Å². The maximum atomic E-state index is 13.3. The minimum Gasteiger partial charge on any atom is -0.267 e. The molecule has 3 rings (SSSR count). The molecule has 2 atom stereocenters. The number of amides is 3. The van der Waals surface area contributed by atoms with E-state index in [-0.39, 0.29) is 16.1 Å². The number of nitrogens with zero attached hydrogens (tertiary/aromatic N) is 3. The molecule has 2 aromatic rings. The lowest BCUT2D eigenvalue weighted by Crippen LogP contribution is -2.57. The summed E-state index contributed by atoms with van der Waals surface area (Å²) in [4.78, 5) is 46.4. The van der Waals surface area contributed by atoms with E-state index >= 15 is 0 Å². The second kappa shape index (κ2) is 8.67. The minimum atomic E-state index is -5.45. The van der Waals surface area contributed by atoms with Gasteiger partial charge in [-0.2, -0.15) is 31.2 Å². The van der Waals surface area contributed by atoms with E-state index in [1.165, 1.54) is 24.5 Å². The fraction of sp³-hybridized carbons (Fsp3) is 0.263. The third-order valence-corrected chi connectivity index (χ3v) is 5.43. The minimum absolute atomic E-state index is 0.193. The summed E-state index contributed by atoms with van der Waals surface area (Å²) in [7, 11) is 0. The number of halogens is 6. The highest BCUT2D eigenvalue weighted by molar-refractivity contribution is 8.00. The van der Waals surface area contributed by atoms with Crippen LogP contribution in [0.25, 0.3) is 0 Å². The molecule has 2 heterocycles. The van der Waals surface area contributed by atoms with Crippen molar-refractivity contribution in [3.63, 3.8) is 0 Å². The number of carbonyl (C=O) groups excluding carboxylic acids is 3. The number of pyridine rings is 1. The van der Waals surface area contributed by atoms with Gasteiger partial charge < -0.3 is 0 Å². The molecule has 1 fully saturated rings. The van der Waals surface area contributed by atoms with Crippen molar-refractivity contribution in [1.29, 1.82) is 0 Å². The zero-order valence-corrected chi connectivity index (χ0v) is 17.4. The Balaban J connectivity index is 2.01. The summed E-state index contributed by atoms with van der Waals surface area (Å²) in [5, 5.41) is 0. The first-order valence-electron chi connectivity index (χ1n) is 9.06. The monoisotopic (exact) mass is 494 g/mol. The Morgan fingerprint density at radius 3 is 2.15 bits per heavy atom. The van der Waals surface area contributed by atoms with E-state index in [2.05, 4.69) is 9.82 Å². The van der Waals surface area contributed by atoms with Gasteiger partial charge in [-0.05, 0) is 52.8 Å². The van der Waals surface area contributed by atoms with Gasteiger partial charge in [-0.3, -0.25) is 14.6 Å². The van der Waals surface area contributed by atoms with Crippen LogP contribution >= 0.6 is 11.8 Å². The highest BCUT2D eigenvalue weighted by Crippen LogP contribution is 2.39. The van der Waals surface area contributed by atoms with Crippen molar-refractivity contribution in [2.75, 3.05) is 4.90 Å². The second-order valence-corrected chi connectivity index (χ2v) is 8.00. The summed E-state index contributed by atoms with van der Waals surface area (Å²) in [6.45, 7) is 0.494. The molecule has 0 spiro atoms. The molecule has 7 nitrogen and oxygen atoms in total. The standard InChI is InChI=1S/C19H14F6N3O4S/c1-11-15(29)27(13-2-4-14(5-3-13)33-19(23,24)25)17(31)28(11,32-16(30)18(20,21)22)10-12-6-8-26-9-7-12/h2-9,11H,10H2,1H3/q+1/t11-,28?/m1/s1. The molecule has 1 aliphatic rings. The molecule has 1 aromatic heterocycles. The average molecular weight is 494 g/mol. The Bertz CT molecular complexity index is 1060. The number of carbonyl (C=O) groups is 3. The maximum Gasteiger partial charge on any atom is 0.497 e. The number of hydrogen-bond acceptors (Lipinski definition) is 6. The van der Waals surface area contributed by atoms with Crippen LogP contribution in [0.2, 0.25) is 0 Å². The van der Waals surface area contributed by atoms with Crippen LogP contribution in [0.3, 0.4) is 0 Å². The molecule has 0 radical (unpaired) electrons. The zero-order chi connectivity index (χ0) is 24.6. The molecule has 0 aliphatic carbocycles. The fourth-order valence-electron chi connectivity index (χ4n) is 3.14. The fourth-order valence-corrected chi connectivity index (χ4v) is 3.68. The molecule has 1 saturated heterocycles. The van der Waals surface area contributed by atoms with Gasteiger partial charge in [0.05, 0.1) is 5.69 Å². The van der Waals surface area contributed by atoms with Crippen molar-refractivity contribution in [1.82, 2.24) is 4.98 Å². The van der Waals surface area contributed by atoms with Crippen LogP contribution in [-0.4, -0.2) is 45.3 Å². The van der Waals surface area contributed by atoms with E-state index in [1.54, 1.807) is 0 Å². The lowest BCUT2D eigenvalue weighted by Gasteiger charge is -2.29. The zero-order valence-electron chi connectivity index (χ0n) is 16.6. The van der Waals surface area contributed by atoms with Gasteiger partial charge >= 0.3 is 29.6 Å². The SMILES string of the molecule is C[C@@H]1C(=O)N(c2ccc(SC(F)(F)F)cc2)C(=O)[N+]1(Cc1ccncc1)OC(=O)C(F)(F)F. The van der Waals surface area contributed by atoms with Gasteiger partial charge in [0.2, 0.25) is 6.04 Å². The van der Waals surface area contributed by atoms with Gasteiger partial charge in [-0.15, -0.1) is 0 Å². The highest BCUT2D eigenvalue weighted by Gasteiger charge is 2.65. The van der Waals surface area contributed by atoms with Crippen molar-refractivity contribution in [2.45, 2.75) is 36.1 Å². The van der Waals surface area contributed by atoms with E-state index in [1.807, 2.05) is 0 Å². The summed E-state index contributed by atoms with van der Waals surface area (Å²) in [6.07, 6.45) is -2.87. The summed E-state index contributed by atoms with van der Waals surface area (Å²) in [6, 6.07) is 3.89. The largest absolute Gasteiger partial charge is 0.497 e. The van der Waals surface area contributed by atoms with Gasteiger partial charge in [0, 0.05) is 29.8 Å². The topological polar surface area (TPSA) is 76.6 Å². The number of thioether (sulfide) groups is 1. The number of rotatable bonds is 5. The number of anilines is 1. The van der Waals surface area contributed by atoms with Crippen LogP contribution in [0.1, 0.15) is 12.5 Å². The smallest absolute Gasteiger partial charge is 0.267 e. The molecule has 33 heavy (non-hydrogen) atoms. The number of hydrogen-bond donors (Lipinski definition) is 0. The molecular weight excluding hydrogens is 480 g/mol. The molecule has 0 saturated carbocycles. The maximum absolute atomic E-state index is 13.3. The van der Waals surface area contributed by atoms with Crippen molar-refractivity contribution in [2.24, 2.45) is 0 Å². The first-order chi connectivity index (χ1) is 15.2. The van der Waals surface area contributed by atoms with Crippen LogP contribution < -0.4 is 4.90 Å². The number of alkyl halides is 6. The molecule has 1 aromatic carbocycles. The van der Waals surface area contributed by atoms with E-state index in [9.17, 15) is 40.7 Å². The Morgan fingerprint density at radius 1 is 1.06 bits per heavy atom. The molecule has 0 bridgehead atoms. The van der Waals surface area contributed by atoms with Crippen LogP contribution in [0, 0.1) is 0 Å². The van der Waals surface area contributed by atoms with Crippen molar-refractivity contribution >= 4 is 35.4 Å². The third kappa shape index (κ3) is 5.11. The van der Waals surface area contributed by atoms with Gasteiger partial charge in [-0.1, -0.05) is 0 Å². The predicted octanol–water partition coefficient (Wildman–Crippen LogP) is 4.59. The van der Waals surface area contributed by atoms with Crippen LogP contribution in [0.15, 0.2) is 53.7 Å². The number of aromatic nitrogens is 1. The Labute approximate surface area is 186 Å². The predicted molar refractivity (Wildman–Crippen MR) is 101 cm³/mol. The second-order valence-electron chi connectivity index (χ2n) is 6.86. The van der Waals surface area contributed by atoms with Crippen molar-refractivity contribution < 1.29 is 50.2 Å². The van der Waals surface area contributed by atoms with E-state index in [0.29, 0.717) is 4.90 Å².